The first-order valence-corrected chi connectivity index (χ1v) is 7.65. The zero-order valence-electron chi connectivity index (χ0n) is 11.6. The highest BCUT2D eigenvalue weighted by atomic mass is 32.1. The van der Waals surface area contributed by atoms with Gasteiger partial charge in [-0.25, -0.2) is 0 Å². The molecule has 0 amide bonds. The molecule has 7 heteroatoms. The van der Waals surface area contributed by atoms with E-state index in [9.17, 15) is 15.4 Å². The molecule has 22 heavy (non-hydrogen) atoms. The van der Waals surface area contributed by atoms with Gasteiger partial charge in [0.25, 0.3) is 5.69 Å². The number of hydrogen-bond acceptors (Lipinski definition) is 6. The van der Waals surface area contributed by atoms with E-state index in [0.717, 1.165) is 10.6 Å². The van der Waals surface area contributed by atoms with Gasteiger partial charge in [0, 0.05) is 30.1 Å². The fourth-order valence-corrected chi connectivity index (χ4v) is 3.28. The molecule has 1 fully saturated rings. The quantitative estimate of drug-likeness (QED) is 0.642. The molecular formula is C15H13N3O3S. The third-order valence-electron chi connectivity index (χ3n) is 3.58. The molecule has 0 radical (unpaired) electrons. The number of hydrogen-bond donors (Lipinski definition) is 0. The van der Waals surface area contributed by atoms with Gasteiger partial charge in [-0.3, -0.25) is 10.1 Å². The number of morpholine rings is 1. The number of nitro benzene ring substituents is 1. The molecule has 1 saturated heterocycles. The van der Waals surface area contributed by atoms with Crippen LogP contribution in [-0.4, -0.2) is 24.6 Å². The highest BCUT2D eigenvalue weighted by Gasteiger charge is 2.25. The summed E-state index contributed by atoms with van der Waals surface area (Å²) in [6, 6.07) is 10.5. The first-order valence-electron chi connectivity index (χ1n) is 6.77. The lowest BCUT2D eigenvalue weighted by atomic mass is 10.1. The lowest BCUT2D eigenvalue weighted by molar-refractivity contribution is -0.384. The minimum absolute atomic E-state index is 0.0320. The van der Waals surface area contributed by atoms with Crippen LogP contribution in [0.4, 0.5) is 11.4 Å². The second kappa shape index (κ2) is 6.13. The Kier molecular flexibility index (Phi) is 4.04. The van der Waals surface area contributed by atoms with E-state index in [0.29, 0.717) is 25.3 Å². The molecule has 0 N–H and O–H groups in total. The monoisotopic (exact) mass is 315 g/mol. The van der Waals surface area contributed by atoms with Crippen LogP contribution in [0.2, 0.25) is 0 Å². The molecule has 112 valence electrons. The predicted octanol–water partition coefficient (Wildman–Crippen LogP) is 3.11. The molecule has 1 aromatic carbocycles. The van der Waals surface area contributed by atoms with E-state index in [1.54, 1.807) is 17.4 Å². The topological polar surface area (TPSA) is 79.4 Å². The van der Waals surface area contributed by atoms with Crippen molar-refractivity contribution in [3.8, 4) is 6.07 Å². The van der Waals surface area contributed by atoms with Crippen molar-refractivity contribution in [3.05, 3.63) is 56.3 Å². The van der Waals surface area contributed by atoms with Gasteiger partial charge in [0.2, 0.25) is 0 Å². The van der Waals surface area contributed by atoms with Crippen LogP contribution in [0.15, 0.2) is 35.7 Å². The summed E-state index contributed by atoms with van der Waals surface area (Å²) >= 11 is 1.64. The van der Waals surface area contributed by atoms with Gasteiger partial charge in [-0.2, -0.15) is 5.26 Å². The van der Waals surface area contributed by atoms with E-state index in [2.05, 4.69) is 11.0 Å². The second-order valence-electron chi connectivity index (χ2n) is 4.89. The second-order valence-corrected chi connectivity index (χ2v) is 5.87. The van der Waals surface area contributed by atoms with Crippen molar-refractivity contribution in [2.24, 2.45) is 0 Å². The Morgan fingerprint density at radius 2 is 2.32 bits per heavy atom. The van der Waals surface area contributed by atoms with Gasteiger partial charge in [-0.15, -0.1) is 11.3 Å². The van der Waals surface area contributed by atoms with Crippen molar-refractivity contribution < 1.29 is 9.66 Å². The lowest BCUT2D eigenvalue weighted by Crippen LogP contribution is -2.38. The molecule has 0 aliphatic carbocycles. The van der Waals surface area contributed by atoms with E-state index in [1.165, 1.54) is 12.1 Å². The molecule has 1 aliphatic rings. The molecule has 1 unspecified atom stereocenters. The molecule has 1 aliphatic heterocycles. The standard InChI is InChI=1S/C15H13N3O3S/c16-9-11-8-12(18(19)20)3-4-13(11)17-5-6-21-14(10-17)15-2-1-7-22-15/h1-4,7-8,14H,5-6,10H2. The van der Waals surface area contributed by atoms with Crippen molar-refractivity contribution >= 4 is 22.7 Å². The fourth-order valence-electron chi connectivity index (χ4n) is 2.52. The van der Waals surface area contributed by atoms with Crippen molar-refractivity contribution in [2.75, 3.05) is 24.6 Å². The van der Waals surface area contributed by atoms with Gasteiger partial charge in [-0.05, 0) is 17.5 Å². The number of ether oxygens (including phenoxy) is 1. The van der Waals surface area contributed by atoms with Gasteiger partial charge in [0.1, 0.15) is 12.2 Å². The number of non-ortho nitro benzene ring substituents is 1. The summed E-state index contributed by atoms with van der Waals surface area (Å²) in [6.45, 7) is 1.85. The zero-order chi connectivity index (χ0) is 15.5. The Labute approximate surface area is 131 Å². The minimum atomic E-state index is -0.488. The summed E-state index contributed by atoms with van der Waals surface area (Å²) in [4.78, 5) is 13.5. The SMILES string of the molecule is N#Cc1cc([N+](=O)[O-])ccc1N1CCOC(c2cccs2)C1. The number of thiophene rings is 1. The number of nitriles is 1. The fraction of sp³-hybridized carbons (Fsp3) is 0.267. The molecule has 3 rings (SSSR count). The van der Waals surface area contributed by atoms with Gasteiger partial charge < -0.3 is 9.64 Å². The van der Waals surface area contributed by atoms with Crippen molar-refractivity contribution in [3.63, 3.8) is 0 Å². The maximum absolute atomic E-state index is 10.8. The molecular weight excluding hydrogens is 302 g/mol. The predicted molar refractivity (Wildman–Crippen MR) is 83.0 cm³/mol. The van der Waals surface area contributed by atoms with Crippen molar-refractivity contribution in [1.29, 1.82) is 5.26 Å². The Bertz CT molecular complexity index is 724. The van der Waals surface area contributed by atoms with Crippen LogP contribution < -0.4 is 4.90 Å². The first kappa shape index (κ1) is 14.5. The normalized spacial score (nSPS) is 18.0. The molecule has 2 aromatic rings. The van der Waals surface area contributed by atoms with E-state index in [-0.39, 0.29) is 11.8 Å². The third-order valence-corrected chi connectivity index (χ3v) is 4.54. The van der Waals surface area contributed by atoms with Crippen LogP contribution in [0.1, 0.15) is 16.5 Å². The van der Waals surface area contributed by atoms with Gasteiger partial charge in [0.15, 0.2) is 0 Å². The highest BCUT2D eigenvalue weighted by Crippen LogP contribution is 2.31. The minimum Gasteiger partial charge on any atom is -0.369 e. The Balaban J connectivity index is 1.87. The highest BCUT2D eigenvalue weighted by molar-refractivity contribution is 7.10. The zero-order valence-corrected chi connectivity index (χ0v) is 12.5. The lowest BCUT2D eigenvalue weighted by Gasteiger charge is -2.34. The number of anilines is 1. The summed E-state index contributed by atoms with van der Waals surface area (Å²) in [5, 5.41) is 22.1. The Morgan fingerprint density at radius 3 is 3.00 bits per heavy atom. The molecule has 0 spiro atoms. The van der Waals surface area contributed by atoms with Crippen LogP contribution in [0.25, 0.3) is 0 Å². The van der Waals surface area contributed by atoms with Crippen molar-refractivity contribution in [1.82, 2.24) is 0 Å². The number of rotatable bonds is 3. The number of benzene rings is 1. The largest absolute Gasteiger partial charge is 0.369 e. The van der Waals surface area contributed by atoms with Gasteiger partial charge in [0.05, 0.1) is 22.8 Å². The maximum Gasteiger partial charge on any atom is 0.270 e. The van der Waals surface area contributed by atoms with Crippen LogP contribution in [0, 0.1) is 21.4 Å². The van der Waals surface area contributed by atoms with Crippen molar-refractivity contribution in [2.45, 2.75) is 6.10 Å². The molecule has 0 saturated carbocycles. The van der Waals surface area contributed by atoms with Gasteiger partial charge >= 0.3 is 0 Å². The number of nitro groups is 1. The van der Waals surface area contributed by atoms with E-state index < -0.39 is 4.92 Å². The maximum atomic E-state index is 10.8. The average molecular weight is 315 g/mol. The third kappa shape index (κ3) is 2.79. The Hall–Kier alpha value is -2.43. The average Bonchev–Trinajstić information content (AvgIpc) is 3.09. The van der Waals surface area contributed by atoms with E-state index in [1.807, 2.05) is 17.5 Å². The van der Waals surface area contributed by atoms with Crippen LogP contribution >= 0.6 is 11.3 Å². The van der Waals surface area contributed by atoms with Crippen LogP contribution in [0.3, 0.4) is 0 Å². The van der Waals surface area contributed by atoms with E-state index >= 15 is 0 Å². The van der Waals surface area contributed by atoms with Gasteiger partial charge in [-0.1, -0.05) is 6.07 Å². The smallest absolute Gasteiger partial charge is 0.270 e. The summed E-state index contributed by atoms with van der Waals surface area (Å²) < 4.78 is 5.79. The first-order chi connectivity index (χ1) is 10.7. The summed E-state index contributed by atoms with van der Waals surface area (Å²) in [5.74, 6) is 0. The molecule has 0 bridgehead atoms. The molecule has 2 heterocycles. The van der Waals surface area contributed by atoms with Crippen LogP contribution in [0.5, 0.6) is 0 Å². The molecule has 1 aromatic heterocycles. The van der Waals surface area contributed by atoms with Crippen LogP contribution in [-0.2, 0) is 4.74 Å². The summed E-state index contributed by atoms with van der Waals surface area (Å²) in [5.41, 5.74) is 0.974. The number of nitrogens with zero attached hydrogens (tertiary/aromatic N) is 3. The summed E-state index contributed by atoms with van der Waals surface area (Å²) in [6.07, 6.45) is -0.0320. The Morgan fingerprint density at radius 1 is 1.45 bits per heavy atom. The molecule has 1 atom stereocenters. The van der Waals surface area contributed by atoms with E-state index in [4.69, 9.17) is 4.74 Å². The molecule has 6 nitrogen and oxygen atoms in total. The summed E-state index contributed by atoms with van der Waals surface area (Å²) in [7, 11) is 0.